The second-order valence-electron chi connectivity index (χ2n) is 6.74. The largest absolute Gasteiger partial charge is 0.489 e. The molecule has 0 aliphatic carbocycles. The van der Waals surface area contributed by atoms with Gasteiger partial charge in [-0.1, -0.05) is 27.2 Å². The lowest BCUT2D eigenvalue weighted by atomic mass is 10.2. The standard InChI is InChI=1S/C20H15BrF3N3O3/c21-14-3-1-2-13(10-14)18(28)27-9-8-16(11-27)29-15-6-4-12(5-7-15)17-25-19(30-26-17)20(22,23)24/h1-7,10,16H,8-9,11H2/t16-/m0/s1. The van der Waals surface area contributed by atoms with E-state index < -0.39 is 12.1 Å². The molecule has 1 fully saturated rings. The van der Waals surface area contributed by atoms with Crippen molar-refractivity contribution in [1.82, 2.24) is 15.0 Å². The van der Waals surface area contributed by atoms with E-state index in [9.17, 15) is 18.0 Å². The first-order chi connectivity index (χ1) is 14.3. The summed E-state index contributed by atoms with van der Waals surface area (Å²) in [5.41, 5.74) is 0.979. The average Bonchev–Trinajstić information content (AvgIpc) is 3.38. The summed E-state index contributed by atoms with van der Waals surface area (Å²) in [6, 6.07) is 13.6. The number of aromatic nitrogens is 2. The summed E-state index contributed by atoms with van der Waals surface area (Å²) >= 11 is 3.36. The Bertz CT molecular complexity index is 1050. The summed E-state index contributed by atoms with van der Waals surface area (Å²) in [5, 5.41) is 3.36. The maximum atomic E-state index is 12.6. The lowest BCUT2D eigenvalue weighted by Gasteiger charge is -2.17. The first kappa shape index (κ1) is 20.4. The van der Waals surface area contributed by atoms with Gasteiger partial charge in [0.05, 0.1) is 6.54 Å². The van der Waals surface area contributed by atoms with Gasteiger partial charge in [-0.05, 0) is 42.5 Å². The van der Waals surface area contributed by atoms with Crippen LogP contribution in [0.1, 0.15) is 22.7 Å². The van der Waals surface area contributed by atoms with Crippen LogP contribution >= 0.6 is 15.9 Å². The molecule has 1 aliphatic heterocycles. The number of nitrogens with zero attached hydrogens (tertiary/aromatic N) is 3. The number of carbonyl (C=O) groups excluding carboxylic acids is 1. The molecule has 1 aliphatic rings. The molecule has 1 amide bonds. The Morgan fingerprint density at radius 3 is 2.63 bits per heavy atom. The molecule has 1 saturated heterocycles. The van der Waals surface area contributed by atoms with Crippen molar-refractivity contribution in [2.45, 2.75) is 18.7 Å². The van der Waals surface area contributed by atoms with E-state index in [1.54, 1.807) is 41.3 Å². The highest BCUT2D eigenvalue weighted by atomic mass is 79.9. The van der Waals surface area contributed by atoms with E-state index in [4.69, 9.17) is 4.74 Å². The van der Waals surface area contributed by atoms with Crippen LogP contribution in [0.3, 0.4) is 0 Å². The summed E-state index contributed by atoms with van der Waals surface area (Å²) in [7, 11) is 0. The zero-order valence-corrected chi connectivity index (χ0v) is 17.0. The van der Waals surface area contributed by atoms with E-state index in [1.165, 1.54) is 0 Å². The molecule has 2 aromatic carbocycles. The smallest absolute Gasteiger partial charge is 0.471 e. The van der Waals surface area contributed by atoms with Gasteiger partial charge in [-0.15, -0.1) is 0 Å². The van der Waals surface area contributed by atoms with E-state index in [2.05, 4.69) is 30.6 Å². The van der Waals surface area contributed by atoms with E-state index in [1.807, 2.05) is 12.1 Å². The minimum absolute atomic E-state index is 0.0599. The minimum Gasteiger partial charge on any atom is -0.489 e. The summed E-state index contributed by atoms with van der Waals surface area (Å²) in [6.45, 7) is 1.03. The molecule has 0 spiro atoms. The van der Waals surface area contributed by atoms with Crippen LogP contribution in [0, 0.1) is 0 Å². The van der Waals surface area contributed by atoms with Gasteiger partial charge in [-0.25, -0.2) is 0 Å². The molecule has 0 bridgehead atoms. The highest BCUT2D eigenvalue weighted by Crippen LogP contribution is 2.30. The molecule has 6 nitrogen and oxygen atoms in total. The van der Waals surface area contributed by atoms with E-state index in [0.717, 1.165) is 4.47 Å². The van der Waals surface area contributed by atoms with Crippen molar-refractivity contribution < 1.29 is 27.2 Å². The first-order valence-corrected chi connectivity index (χ1v) is 9.82. The molecular formula is C20H15BrF3N3O3. The summed E-state index contributed by atoms with van der Waals surface area (Å²) in [6.07, 6.45) is -4.18. The third-order valence-electron chi connectivity index (χ3n) is 4.59. The Hall–Kier alpha value is -2.88. The molecule has 30 heavy (non-hydrogen) atoms. The number of hydrogen-bond acceptors (Lipinski definition) is 5. The highest BCUT2D eigenvalue weighted by molar-refractivity contribution is 9.10. The molecule has 0 radical (unpaired) electrons. The number of amides is 1. The fraction of sp³-hybridized carbons (Fsp3) is 0.250. The predicted molar refractivity (Wildman–Crippen MR) is 104 cm³/mol. The highest BCUT2D eigenvalue weighted by Gasteiger charge is 2.38. The van der Waals surface area contributed by atoms with E-state index >= 15 is 0 Å². The topological polar surface area (TPSA) is 68.5 Å². The van der Waals surface area contributed by atoms with Crippen LogP contribution in [0.2, 0.25) is 0 Å². The Labute approximate surface area is 177 Å². The Balaban J connectivity index is 1.37. The summed E-state index contributed by atoms with van der Waals surface area (Å²) in [5.74, 6) is -1.06. The molecular weight excluding hydrogens is 467 g/mol. The molecule has 2 heterocycles. The third kappa shape index (κ3) is 4.48. The van der Waals surface area contributed by atoms with Gasteiger partial charge in [0.1, 0.15) is 11.9 Å². The quantitative estimate of drug-likeness (QED) is 0.534. The minimum atomic E-state index is -4.68. The Kier molecular flexibility index (Phi) is 5.50. The maximum Gasteiger partial charge on any atom is 0.471 e. The van der Waals surface area contributed by atoms with Crippen LogP contribution in [0.4, 0.5) is 13.2 Å². The number of likely N-dealkylation sites (tertiary alicyclic amines) is 1. The second kappa shape index (κ2) is 8.10. The van der Waals surface area contributed by atoms with Crippen LogP contribution in [0.5, 0.6) is 5.75 Å². The third-order valence-corrected chi connectivity index (χ3v) is 5.08. The normalized spacial score (nSPS) is 16.7. The lowest BCUT2D eigenvalue weighted by Crippen LogP contribution is -2.30. The SMILES string of the molecule is O=C(c1cccc(Br)c1)N1CC[C@H](Oc2ccc(-c3noc(C(F)(F)F)n3)cc2)C1. The Morgan fingerprint density at radius 2 is 1.97 bits per heavy atom. The zero-order chi connectivity index (χ0) is 21.3. The van der Waals surface area contributed by atoms with Gasteiger partial charge in [0, 0.05) is 28.6 Å². The molecule has 0 N–H and O–H groups in total. The van der Waals surface area contributed by atoms with Crippen molar-refractivity contribution >= 4 is 21.8 Å². The maximum absolute atomic E-state index is 12.6. The van der Waals surface area contributed by atoms with Gasteiger partial charge in [-0.3, -0.25) is 4.79 Å². The number of alkyl halides is 3. The predicted octanol–water partition coefficient (Wildman–Crippen LogP) is 4.81. The molecule has 1 aromatic heterocycles. The molecule has 0 saturated carbocycles. The average molecular weight is 482 g/mol. The summed E-state index contributed by atoms with van der Waals surface area (Å²) in [4.78, 5) is 17.7. The molecule has 10 heteroatoms. The molecule has 0 unspecified atom stereocenters. The number of rotatable bonds is 4. The van der Waals surface area contributed by atoms with Gasteiger partial charge in [0.2, 0.25) is 5.82 Å². The van der Waals surface area contributed by atoms with Crippen LogP contribution in [-0.2, 0) is 6.18 Å². The van der Waals surface area contributed by atoms with Crippen LogP contribution in [0.15, 0.2) is 57.5 Å². The number of hydrogen-bond donors (Lipinski definition) is 0. The molecule has 4 rings (SSSR count). The van der Waals surface area contributed by atoms with Crippen molar-refractivity contribution in [3.8, 4) is 17.1 Å². The second-order valence-corrected chi connectivity index (χ2v) is 7.65. The van der Waals surface area contributed by atoms with Crippen LogP contribution in [0.25, 0.3) is 11.4 Å². The Morgan fingerprint density at radius 1 is 1.20 bits per heavy atom. The van der Waals surface area contributed by atoms with Gasteiger partial charge in [0.15, 0.2) is 0 Å². The fourth-order valence-electron chi connectivity index (χ4n) is 3.14. The zero-order valence-electron chi connectivity index (χ0n) is 15.4. The van der Waals surface area contributed by atoms with Crippen LogP contribution < -0.4 is 4.74 Å². The lowest BCUT2D eigenvalue weighted by molar-refractivity contribution is -0.159. The van der Waals surface area contributed by atoms with Gasteiger partial charge >= 0.3 is 12.1 Å². The van der Waals surface area contributed by atoms with Crippen molar-refractivity contribution in [2.75, 3.05) is 13.1 Å². The summed E-state index contributed by atoms with van der Waals surface area (Å²) < 4.78 is 48.7. The van der Waals surface area contributed by atoms with E-state index in [-0.39, 0.29) is 17.8 Å². The van der Waals surface area contributed by atoms with E-state index in [0.29, 0.717) is 36.4 Å². The van der Waals surface area contributed by atoms with Crippen molar-refractivity contribution in [3.05, 3.63) is 64.5 Å². The van der Waals surface area contributed by atoms with Crippen LogP contribution in [-0.4, -0.2) is 40.1 Å². The number of ether oxygens (including phenoxy) is 1. The molecule has 1 atom stereocenters. The van der Waals surface area contributed by atoms with Crippen molar-refractivity contribution in [3.63, 3.8) is 0 Å². The first-order valence-electron chi connectivity index (χ1n) is 9.02. The number of carbonyl (C=O) groups is 1. The van der Waals surface area contributed by atoms with Gasteiger partial charge < -0.3 is 14.2 Å². The van der Waals surface area contributed by atoms with Crippen molar-refractivity contribution in [2.24, 2.45) is 0 Å². The number of benzene rings is 2. The molecule has 3 aromatic rings. The number of halogens is 4. The van der Waals surface area contributed by atoms with Gasteiger partial charge in [0.25, 0.3) is 5.91 Å². The monoisotopic (exact) mass is 481 g/mol. The van der Waals surface area contributed by atoms with Gasteiger partial charge in [-0.2, -0.15) is 18.2 Å². The fourth-order valence-corrected chi connectivity index (χ4v) is 3.54. The van der Waals surface area contributed by atoms with Crippen molar-refractivity contribution in [1.29, 1.82) is 0 Å². The molecule has 156 valence electrons.